The second-order valence-corrected chi connectivity index (χ2v) is 8.96. The van der Waals surface area contributed by atoms with Crippen LogP contribution < -0.4 is 0 Å². The van der Waals surface area contributed by atoms with E-state index in [1.54, 1.807) is 0 Å². The van der Waals surface area contributed by atoms with Crippen LogP contribution in [0, 0.1) is 0 Å². The molecule has 1 heterocycles. The van der Waals surface area contributed by atoms with E-state index < -0.39 is 0 Å². The lowest BCUT2D eigenvalue weighted by Gasteiger charge is -2.28. The average Bonchev–Trinajstić information content (AvgIpc) is 3.04. The smallest absolute Gasteiger partial charge is 0.290 e. The van der Waals surface area contributed by atoms with Crippen molar-refractivity contribution in [3.63, 3.8) is 0 Å². The molecular formula is C26H47NO2. The van der Waals surface area contributed by atoms with Gasteiger partial charge in [0.2, 0.25) is 5.78 Å². The Kier molecular flexibility index (Phi) is 14.9. The van der Waals surface area contributed by atoms with Gasteiger partial charge in [0, 0.05) is 13.0 Å². The molecule has 1 fully saturated rings. The van der Waals surface area contributed by atoms with Crippen molar-refractivity contribution in [2.75, 3.05) is 6.54 Å². The van der Waals surface area contributed by atoms with Crippen molar-refractivity contribution in [1.29, 1.82) is 0 Å². The lowest BCUT2D eigenvalue weighted by Crippen LogP contribution is -2.38. The van der Waals surface area contributed by atoms with Crippen LogP contribution in [0.2, 0.25) is 0 Å². The normalized spacial score (nSPS) is 16.1. The molecule has 1 rings (SSSR count). The quantitative estimate of drug-likeness (QED) is 0.135. The molecule has 0 radical (unpaired) electrons. The Hall–Kier alpha value is -1.12. The Balaban J connectivity index is 2.36. The predicted molar refractivity (Wildman–Crippen MR) is 124 cm³/mol. The number of hydrogen-bond acceptors (Lipinski definition) is 2. The van der Waals surface area contributed by atoms with E-state index in [1.165, 1.54) is 89.0 Å². The maximum atomic E-state index is 12.3. The first-order valence-corrected chi connectivity index (χ1v) is 12.6. The molecule has 1 aliphatic rings. The summed E-state index contributed by atoms with van der Waals surface area (Å²) in [4.78, 5) is 25.9. The van der Waals surface area contributed by atoms with E-state index in [9.17, 15) is 9.59 Å². The first kappa shape index (κ1) is 25.9. The van der Waals surface area contributed by atoms with Crippen LogP contribution in [-0.4, -0.2) is 29.2 Å². The summed E-state index contributed by atoms with van der Waals surface area (Å²) in [6.07, 6.45) is 23.2. The van der Waals surface area contributed by atoms with E-state index >= 15 is 0 Å². The zero-order valence-corrected chi connectivity index (χ0v) is 19.6. The lowest BCUT2D eigenvalue weighted by molar-refractivity contribution is -0.140. The molecule has 1 aliphatic heterocycles. The number of unbranched alkanes of at least 4 members (excludes halogenated alkanes) is 13. The highest BCUT2D eigenvalue weighted by Gasteiger charge is 2.34. The summed E-state index contributed by atoms with van der Waals surface area (Å²) in [5.74, 6) is -0.449. The van der Waals surface area contributed by atoms with Gasteiger partial charge in [-0.15, -0.1) is 0 Å². The zero-order valence-electron chi connectivity index (χ0n) is 19.6. The van der Waals surface area contributed by atoms with Crippen molar-refractivity contribution in [2.24, 2.45) is 0 Å². The van der Waals surface area contributed by atoms with Gasteiger partial charge in [-0.05, 0) is 26.2 Å². The minimum Gasteiger partial charge on any atom is -0.329 e. The number of carbonyl (C=O) groups is 2. The van der Waals surface area contributed by atoms with Crippen molar-refractivity contribution in [2.45, 2.75) is 136 Å². The summed E-state index contributed by atoms with van der Waals surface area (Å²) in [6, 6.07) is 0.133. The highest BCUT2D eigenvalue weighted by molar-refractivity contribution is 6.38. The summed E-state index contributed by atoms with van der Waals surface area (Å²) in [5.41, 5.74) is 1.29. The van der Waals surface area contributed by atoms with Crippen LogP contribution in [0.1, 0.15) is 130 Å². The van der Waals surface area contributed by atoms with E-state index in [4.69, 9.17) is 0 Å². The molecule has 0 aliphatic carbocycles. The third-order valence-corrected chi connectivity index (χ3v) is 6.34. The fraction of sp³-hybridized carbons (Fsp3) is 0.846. The molecule has 1 atom stereocenters. The summed E-state index contributed by atoms with van der Waals surface area (Å²) in [5, 5.41) is 0. The van der Waals surface area contributed by atoms with Gasteiger partial charge in [-0.2, -0.15) is 0 Å². The van der Waals surface area contributed by atoms with Crippen molar-refractivity contribution in [3.8, 4) is 0 Å². The number of ketones is 1. The van der Waals surface area contributed by atoms with Crippen LogP contribution in [0.5, 0.6) is 0 Å². The molecule has 1 unspecified atom stereocenters. The molecule has 29 heavy (non-hydrogen) atoms. The van der Waals surface area contributed by atoms with Gasteiger partial charge >= 0.3 is 0 Å². The molecule has 3 heteroatoms. The summed E-state index contributed by atoms with van der Waals surface area (Å²) in [7, 11) is 0. The fourth-order valence-corrected chi connectivity index (χ4v) is 4.38. The van der Waals surface area contributed by atoms with Crippen molar-refractivity contribution in [3.05, 3.63) is 11.6 Å². The minimum absolute atomic E-state index is 0.133. The van der Waals surface area contributed by atoms with Gasteiger partial charge in [-0.1, -0.05) is 109 Å². The number of carbonyl (C=O) groups excluding carboxylic acids is 2. The Morgan fingerprint density at radius 2 is 1.34 bits per heavy atom. The van der Waals surface area contributed by atoms with Crippen LogP contribution in [0.3, 0.4) is 0 Å². The topological polar surface area (TPSA) is 37.4 Å². The number of hydrogen-bond donors (Lipinski definition) is 0. The van der Waals surface area contributed by atoms with Gasteiger partial charge in [-0.25, -0.2) is 0 Å². The SMILES string of the molecule is CCCCCCC=C(C)C(CCCCCCCCCCCC)N1CCC(=O)C1=O. The van der Waals surface area contributed by atoms with Crippen molar-refractivity contribution < 1.29 is 9.59 Å². The molecule has 0 aromatic heterocycles. The number of amides is 1. The maximum Gasteiger partial charge on any atom is 0.290 e. The van der Waals surface area contributed by atoms with Gasteiger partial charge in [0.15, 0.2) is 0 Å². The van der Waals surface area contributed by atoms with E-state index in [0.717, 1.165) is 19.3 Å². The van der Waals surface area contributed by atoms with E-state index in [0.29, 0.717) is 13.0 Å². The molecule has 0 saturated carbocycles. The number of allylic oxidation sites excluding steroid dienone is 1. The average molecular weight is 406 g/mol. The largest absolute Gasteiger partial charge is 0.329 e. The third kappa shape index (κ3) is 11.0. The molecule has 0 spiro atoms. The molecule has 0 N–H and O–H groups in total. The Bertz CT molecular complexity index is 483. The highest BCUT2D eigenvalue weighted by atomic mass is 16.2. The Morgan fingerprint density at radius 3 is 1.86 bits per heavy atom. The highest BCUT2D eigenvalue weighted by Crippen LogP contribution is 2.23. The number of Topliss-reactive ketones (excluding diaryl/α,β-unsaturated/α-hetero) is 1. The van der Waals surface area contributed by atoms with Gasteiger partial charge in [0.05, 0.1) is 6.04 Å². The second-order valence-electron chi connectivity index (χ2n) is 8.96. The third-order valence-electron chi connectivity index (χ3n) is 6.34. The van der Waals surface area contributed by atoms with Crippen LogP contribution in [0.4, 0.5) is 0 Å². The second kappa shape index (κ2) is 16.7. The first-order chi connectivity index (χ1) is 14.1. The Labute approximate surface area is 180 Å². The molecule has 0 aromatic carbocycles. The molecule has 168 valence electrons. The number of nitrogens with zero attached hydrogens (tertiary/aromatic N) is 1. The molecule has 1 amide bonds. The van der Waals surface area contributed by atoms with Gasteiger partial charge in [-0.3, -0.25) is 9.59 Å². The number of rotatable bonds is 18. The molecule has 0 aromatic rings. The molecular weight excluding hydrogens is 358 g/mol. The molecule has 3 nitrogen and oxygen atoms in total. The van der Waals surface area contributed by atoms with E-state index in [1.807, 2.05) is 4.90 Å². The lowest BCUT2D eigenvalue weighted by atomic mass is 9.97. The first-order valence-electron chi connectivity index (χ1n) is 12.6. The zero-order chi connectivity index (χ0) is 21.3. The number of likely N-dealkylation sites (tertiary alicyclic amines) is 1. The Morgan fingerprint density at radius 1 is 0.828 bits per heavy atom. The predicted octanol–water partition coefficient (Wildman–Crippen LogP) is 7.38. The monoisotopic (exact) mass is 405 g/mol. The minimum atomic E-state index is -0.249. The van der Waals surface area contributed by atoms with Crippen LogP contribution in [0.25, 0.3) is 0 Å². The van der Waals surface area contributed by atoms with Crippen LogP contribution >= 0.6 is 0 Å². The molecule has 0 bridgehead atoms. The standard InChI is InChI=1S/C26H47NO2/c1-4-6-8-10-11-12-13-14-16-18-20-24(27-22-21-25(28)26(27)29)23(3)19-17-15-9-7-5-2/h19,24H,4-18,20-22H2,1-3H3. The van der Waals surface area contributed by atoms with Crippen LogP contribution in [-0.2, 0) is 9.59 Å². The fourth-order valence-electron chi connectivity index (χ4n) is 4.38. The van der Waals surface area contributed by atoms with Gasteiger partial charge in [0.25, 0.3) is 5.91 Å². The van der Waals surface area contributed by atoms with Crippen molar-refractivity contribution >= 4 is 11.7 Å². The van der Waals surface area contributed by atoms with Gasteiger partial charge in [0.1, 0.15) is 0 Å². The van der Waals surface area contributed by atoms with Gasteiger partial charge < -0.3 is 4.90 Å². The molecule has 1 saturated heterocycles. The summed E-state index contributed by atoms with van der Waals surface area (Å²) < 4.78 is 0. The van der Waals surface area contributed by atoms with E-state index in [-0.39, 0.29) is 17.7 Å². The van der Waals surface area contributed by atoms with Crippen molar-refractivity contribution in [1.82, 2.24) is 4.90 Å². The summed E-state index contributed by atoms with van der Waals surface area (Å²) >= 11 is 0. The maximum absolute atomic E-state index is 12.3. The van der Waals surface area contributed by atoms with E-state index in [2.05, 4.69) is 26.8 Å². The summed E-state index contributed by atoms with van der Waals surface area (Å²) in [6.45, 7) is 7.28. The van der Waals surface area contributed by atoms with Crippen LogP contribution in [0.15, 0.2) is 11.6 Å².